The minimum atomic E-state index is -3.87. The number of rotatable bonds is 5. The van der Waals surface area contributed by atoms with E-state index in [0.717, 1.165) is 0 Å². The van der Waals surface area contributed by atoms with E-state index in [1.54, 1.807) is 24.3 Å². The molecule has 0 spiro atoms. The molecule has 1 heterocycles. The molecule has 154 valence electrons. The van der Waals surface area contributed by atoms with Gasteiger partial charge in [0.1, 0.15) is 0 Å². The smallest absolute Gasteiger partial charge is 0.293 e. The highest BCUT2D eigenvalue weighted by Gasteiger charge is 2.12. The molecule has 3 rings (SSSR count). The molecule has 0 saturated carbocycles. The van der Waals surface area contributed by atoms with Gasteiger partial charge in [0.05, 0.1) is 11.2 Å². The third kappa shape index (κ3) is 5.50. The normalized spacial score (nSPS) is 10.8. The number of anilines is 2. The second-order valence-corrected chi connectivity index (χ2v) is 7.96. The van der Waals surface area contributed by atoms with Gasteiger partial charge in [-0.15, -0.1) is 0 Å². The van der Waals surface area contributed by atoms with Crippen molar-refractivity contribution in [3.63, 3.8) is 0 Å². The van der Waals surface area contributed by atoms with Crippen LogP contribution in [-0.4, -0.2) is 25.3 Å². The topological polar surface area (TPSA) is 144 Å². The number of hydrogen-bond donors (Lipinski definition) is 4. The SMILES string of the molecule is NS(=O)(=O)c1cccc(NC(=O)c2ccc(NC(=S)NC(=O)c3ccco3)cc2)c1. The molecule has 30 heavy (non-hydrogen) atoms. The van der Waals surface area contributed by atoms with Crippen molar-refractivity contribution in [1.82, 2.24) is 5.32 Å². The van der Waals surface area contributed by atoms with Gasteiger partial charge in [-0.25, -0.2) is 13.6 Å². The van der Waals surface area contributed by atoms with Gasteiger partial charge >= 0.3 is 0 Å². The van der Waals surface area contributed by atoms with E-state index in [0.29, 0.717) is 11.3 Å². The number of carbonyl (C=O) groups excluding carboxylic acids is 2. The molecule has 0 aliphatic carbocycles. The van der Waals surface area contributed by atoms with Crippen molar-refractivity contribution in [2.24, 2.45) is 5.14 Å². The van der Waals surface area contributed by atoms with Crippen LogP contribution < -0.4 is 21.1 Å². The fourth-order valence-corrected chi connectivity index (χ4v) is 3.16. The van der Waals surface area contributed by atoms with E-state index in [1.807, 2.05) is 0 Å². The van der Waals surface area contributed by atoms with Crippen LogP contribution in [0.1, 0.15) is 20.9 Å². The van der Waals surface area contributed by atoms with Crippen molar-refractivity contribution < 1.29 is 22.4 Å². The van der Waals surface area contributed by atoms with Gasteiger partial charge in [-0.3, -0.25) is 14.9 Å². The van der Waals surface area contributed by atoms with Gasteiger partial charge in [-0.05, 0) is 66.8 Å². The Labute approximate surface area is 177 Å². The average Bonchev–Trinajstić information content (AvgIpc) is 3.23. The van der Waals surface area contributed by atoms with Crippen molar-refractivity contribution >= 4 is 50.5 Å². The van der Waals surface area contributed by atoms with Crippen molar-refractivity contribution in [1.29, 1.82) is 0 Å². The summed E-state index contributed by atoms with van der Waals surface area (Å²) in [6.45, 7) is 0. The number of amides is 2. The van der Waals surface area contributed by atoms with Gasteiger partial charge in [0.25, 0.3) is 11.8 Å². The molecule has 0 unspecified atom stereocenters. The fourth-order valence-electron chi connectivity index (χ4n) is 2.39. The molecule has 11 heteroatoms. The molecular weight excluding hydrogens is 428 g/mol. The largest absolute Gasteiger partial charge is 0.459 e. The molecule has 0 saturated heterocycles. The Morgan fingerprint density at radius 2 is 1.63 bits per heavy atom. The molecular formula is C19H16N4O5S2. The number of sulfonamides is 1. The highest BCUT2D eigenvalue weighted by atomic mass is 32.2. The lowest BCUT2D eigenvalue weighted by Gasteiger charge is -2.10. The van der Waals surface area contributed by atoms with Crippen LogP contribution in [0.3, 0.4) is 0 Å². The Hall–Kier alpha value is -3.54. The predicted molar refractivity (Wildman–Crippen MR) is 115 cm³/mol. The highest BCUT2D eigenvalue weighted by Crippen LogP contribution is 2.16. The van der Waals surface area contributed by atoms with Crippen molar-refractivity contribution in [2.75, 3.05) is 10.6 Å². The van der Waals surface area contributed by atoms with Crippen LogP contribution in [-0.2, 0) is 10.0 Å². The first-order chi connectivity index (χ1) is 14.2. The first kappa shape index (κ1) is 21.2. The maximum absolute atomic E-state index is 12.4. The third-order valence-electron chi connectivity index (χ3n) is 3.80. The molecule has 2 aromatic carbocycles. The first-order valence-electron chi connectivity index (χ1n) is 8.42. The second-order valence-electron chi connectivity index (χ2n) is 5.99. The number of nitrogens with one attached hydrogen (secondary N) is 3. The Bertz CT molecular complexity index is 1190. The van der Waals surface area contributed by atoms with Crippen molar-refractivity contribution in [2.45, 2.75) is 4.90 Å². The Morgan fingerprint density at radius 1 is 0.900 bits per heavy atom. The fraction of sp³-hybridized carbons (Fsp3) is 0. The number of thiocarbonyl (C=S) groups is 1. The number of nitrogens with two attached hydrogens (primary N) is 1. The van der Waals surface area contributed by atoms with E-state index in [4.69, 9.17) is 21.8 Å². The van der Waals surface area contributed by atoms with Crippen LogP contribution in [0.15, 0.2) is 76.2 Å². The molecule has 2 amide bonds. The zero-order valence-electron chi connectivity index (χ0n) is 15.3. The lowest BCUT2D eigenvalue weighted by atomic mass is 10.2. The standard InChI is InChI=1S/C19H16N4O5S2/c20-30(26,27)15-4-1-3-14(11-15)21-17(24)12-6-8-13(9-7-12)22-19(29)23-18(25)16-5-2-10-28-16/h1-11H,(H,21,24)(H2,20,26,27)(H2,22,23,25,29). The summed E-state index contributed by atoms with van der Waals surface area (Å²) in [5.74, 6) is -0.810. The minimum Gasteiger partial charge on any atom is -0.459 e. The molecule has 3 aromatic rings. The molecule has 1 aromatic heterocycles. The lowest BCUT2D eigenvalue weighted by Crippen LogP contribution is -2.33. The maximum atomic E-state index is 12.4. The summed E-state index contributed by atoms with van der Waals surface area (Å²) in [5.41, 5.74) is 1.16. The molecule has 0 radical (unpaired) electrons. The quantitative estimate of drug-likeness (QED) is 0.442. The molecule has 9 nitrogen and oxygen atoms in total. The molecule has 0 atom stereocenters. The Morgan fingerprint density at radius 3 is 2.27 bits per heavy atom. The summed E-state index contributed by atoms with van der Waals surface area (Å²) >= 11 is 5.08. The van der Waals surface area contributed by atoms with E-state index in [-0.39, 0.29) is 21.5 Å². The minimum absolute atomic E-state index is 0.0633. The van der Waals surface area contributed by atoms with Crippen LogP contribution in [0.4, 0.5) is 11.4 Å². The second kappa shape index (κ2) is 8.86. The molecule has 0 fully saturated rings. The average molecular weight is 444 g/mol. The number of furan rings is 1. The van der Waals surface area contributed by atoms with E-state index in [2.05, 4.69) is 16.0 Å². The van der Waals surface area contributed by atoms with Gasteiger partial charge in [-0.1, -0.05) is 6.07 Å². The van der Waals surface area contributed by atoms with Gasteiger partial charge in [0.15, 0.2) is 10.9 Å². The summed E-state index contributed by atoms with van der Waals surface area (Å²) in [6.07, 6.45) is 1.38. The van der Waals surface area contributed by atoms with Crippen molar-refractivity contribution in [3.05, 3.63) is 78.3 Å². The van der Waals surface area contributed by atoms with Gasteiger partial charge in [0.2, 0.25) is 10.0 Å². The van der Waals surface area contributed by atoms with E-state index in [1.165, 1.54) is 42.7 Å². The summed E-state index contributed by atoms with van der Waals surface area (Å²) in [6, 6.07) is 15.0. The first-order valence-corrected chi connectivity index (χ1v) is 10.4. The number of primary sulfonamides is 1. The summed E-state index contributed by atoms with van der Waals surface area (Å²) in [4.78, 5) is 24.2. The van der Waals surface area contributed by atoms with E-state index < -0.39 is 21.8 Å². The lowest BCUT2D eigenvalue weighted by molar-refractivity contribution is 0.0950. The number of hydrogen-bond acceptors (Lipinski definition) is 6. The summed E-state index contributed by atoms with van der Waals surface area (Å²) in [5, 5.41) is 13.0. The van der Waals surface area contributed by atoms with Crippen LogP contribution >= 0.6 is 12.2 Å². The summed E-state index contributed by atoms with van der Waals surface area (Å²) < 4.78 is 27.8. The molecule has 5 N–H and O–H groups in total. The van der Waals surface area contributed by atoms with Crippen molar-refractivity contribution in [3.8, 4) is 0 Å². The van der Waals surface area contributed by atoms with E-state index in [9.17, 15) is 18.0 Å². The molecule has 0 aliphatic rings. The Balaban J connectivity index is 1.60. The predicted octanol–water partition coefficient (Wildman–Crippen LogP) is 2.31. The van der Waals surface area contributed by atoms with Crippen LogP contribution in [0.25, 0.3) is 0 Å². The van der Waals surface area contributed by atoms with Gasteiger partial charge in [-0.2, -0.15) is 0 Å². The number of benzene rings is 2. The van der Waals surface area contributed by atoms with E-state index >= 15 is 0 Å². The monoisotopic (exact) mass is 444 g/mol. The third-order valence-corrected chi connectivity index (χ3v) is 4.91. The maximum Gasteiger partial charge on any atom is 0.293 e. The zero-order chi connectivity index (χ0) is 21.7. The number of carbonyl (C=O) groups is 2. The zero-order valence-corrected chi connectivity index (χ0v) is 16.9. The van der Waals surface area contributed by atoms with Crippen LogP contribution in [0, 0.1) is 0 Å². The van der Waals surface area contributed by atoms with Crippen LogP contribution in [0.2, 0.25) is 0 Å². The summed E-state index contributed by atoms with van der Waals surface area (Å²) in [7, 11) is -3.87. The molecule has 0 bridgehead atoms. The van der Waals surface area contributed by atoms with Crippen LogP contribution in [0.5, 0.6) is 0 Å². The van der Waals surface area contributed by atoms with Gasteiger partial charge < -0.3 is 15.1 Å². The highest BCUT2D eigenvalue weighted by molar-refractivity contribution is 7.89. The Kier molecular flexibility index (Phi) is 6.26. The molecule has 0 aliphatic heterocycles. The van der Waals surface area contributed by atoms with Gasteiger partial charge in [0, 0.05) is 16.9 Å².